The van der Waals surface area contributed by atoms with Gasteiger partial charge in [0.1, 0.15) is 11.6 Å². The molecule has 0 heterocycles. The van der Waals surface area contributed by atoms with Crippen molar-refractivity contribution in [3.8, 4) is 0 Å². The van der Waals surface area contributed by atoms with E-state index in [1.54, 1.807) is 0 Å². The third kappa shape index (κ3) is 5.08. The maximum absolute atomic E-state index is 12.7. The van der Waals surface area contributed by atoms with Gasteiger partial charge in [-0.05, 0) is 45.0 Å². The van der Waals surface area contributed by atoms with Crippen molar-refractivity contribution < 1.29 is 13.4 Å². The van der Waals surface area contributed by atoms with Crippen LogP contribution < -0.4 is 5.32 Å². The van der Waals surface area contributed by atoms with Gasteiger partial charge in [-0.1, -0.05) is 0 Å². The van der Waals surface area contributed by atoms with Crippen LogP contribution in [-0.2, 0) is 15.6 Å². The van der Waals surface area contributed by atoms with E-state index in [4.69, 9.17) is 0 Å². The molecular weight excluding hydrogens is 241 g/mol. The monoisotopic (exact) mass is 257 g/mol. The topological polar surface area (TPSA) is 46.2 Å². The van der Waals surface area contributed by atoms with Crippen molar-refractivity contribution in [2.24, 2.45) is 0 Å². The van der Waals surface area contributed by atoms with Crippen molar-refractivity contribution in [3.05, 3.63) is 30.1 Å². The molecule has 1 unspecified atom stereocenters. The Kier molecular flexibility index (Phi) is 4.40. The van der Waals surface area contributed by atoms with Crippen molar-refractivity contribution in [1.82, 2.24) is 5.32 Å². The Morgan fingerprint density at radius 1 is 1.29 bits per heavy atom. The van der Waals surface area contributed by atoms with Crippen LogP contribution in [0.2, 0.25) is 0 Å². The first-order chi connectivity index (χ1) is 7.78. The molecule has 5 heteroatoms. The summed E-state index contributed by atoms with van der Waals surface area (Å²) in [6, 6.07) is 5.31. The van der Waals surface area contributed by atoms with Gasteiger partial charge in [0.05, 0.1) is 10.8 Å². The van der Waals surface area contributed by atoms with Crippen LogP contribution in [0.4, 0.5) is 4.39 Å². The zero-order chi connectivity index (χ0) is 13.1. The Bertz CT molecular complexity index is 423. The fourth-order valence-corrected chi connectivity index (χ4v) is 2.16. The molecule has 1 atom stereocenters. The molecule has 1 aromatic rings. The van der Waals surface area contributed by atoms with E-state index in [0.717, 1.165) is 0 Å². The summed E-state index contributed by atoms with van der Waals surface area (Å²) in [7, 11) is -1.44. The maximum Gasteiger partial charge on any atom is 0.233 e. The smallest absolute Gasteiger partial charge is 0.233 e. The lowest BCUT2D eigenvalue weighted by molar-refractivity contribution is -0.119. The largest absolute Gasteiger partial charge is 0.351 e. The first kappa shape index (κ1) is 13.8. The molecule has 17 heavy (non-hydrogen) atoms. The molecule has 0 saturated carbocycles. The van der Waals surface area contributed by atoms with E-state index in [2.05, 4.69) is 5.32 Å². The lowest BCUT2D eigenvalue weighted by Crippen LogP contribution is -2.42. The maximum atomic E-state index is 12.7. The molecule has 0 saturated heterocycles. The zero-order valence-corrected chi connectivity index (χ0v) is 10.9. The van der Waals surface area contributed by atoms with Crippen molar-refractivity contribution in [2.45, 2.75) is 31.2 Å². The van der Waals surface area contributed by atoms with Crippen molar-refractivity contribution in [3.63, 3.8) is 0 Å². The van der Waals surface area contributed by atoms with Gasteiger partial charge in [-0.25, -0.2) is 4.39 Å². The van der Waals surface area contributed by atoms with E-state index in [-0.39, 0.29) is 23.0 Å². The minimum atomic E-state index is -1.44. The summed E-state index contributed by atoms with van der Waals surface area (Å²) in [6.45, 7) is 5.56. The Morgan fingerprint density at radius 3 is 2.29 bits per heavy atom. The normalized spacial score (nSPS) is 13.2. The number of carbonyl (C=O) groups excluding carboxylic acids is 1. The van der Waals surface area contributed by atoms with Gasteiger partial charge in [-0.3, -0.25) is 9.00 Å². The fourth-order valence-electron chi connectivity index (χ4n) is 1.24. The fraction of sp³-hybridized carbons (Fsp3) is 0.417. The number of benzene rings is 1. The molecule has 1 N–H and O–H groups in total. The Labute approximate surface area is 103 Å². The second-order valence-electron chi connectivity index (χ2n) is 4.74. The van der Waals surface area contributed by atoms with Gasteiger partial charge >= 0.3 is 0 Å². The Hall–Kier alpha value is -1.23. The van der Waals surface area contributed by atoms with Crippen LogP contribution in [0.25, 0.3) is 0 Å². The molecule has 94 valence electrons. The first-order valence-electron chi connectivity index (χ1n) is 5.23. The zero-order valence-electron chi connectivity index (χ0n) is 10.1. The highest BCUT2D eigenvalue weighted by atomic mass is 32.2. The average molecular weight is 257 g/mol. The molecule has 0 spiro atoms. The molecule has 0 aliphatic rings. The lowest BCUT2D eigenvalue weighted by atomic mass is 10.1. The minimum Gasteiger partial charge on any atom is -0.351 e. The Balaban J connectivity index is 2.61. The van der Waals surface area contributed by atoms with Gasteiger partial charge < -0.3 is 5.32 Å². The SMILES string of the molecule is CC(C)(C)NC(=O)CS(=O)c1ccc(F)cc1. The molecule has 0 aliphatic heterocycles. The van der Waals surface area contributed by atoms with Gasteiger partial charge in [0.2, 0.25) is 5.91 Å². The third-order valence-corrected chi connectivity index (χ3v) is 3.18. The summed E-state index contributed by atoms with van der Waals surface area (Å²) in [5.41, 5.74) is -0.343. The van der Waals surface area contributed by atoms with Crippen LogP contribution in [-0.4, -0.2) is 21.4 Å². The summed E-state index contributed by atoms with van der Waals surface area (Å²) in [6.07, 6.45) is 0. The summed E-state index contributed by atoms with van der Waals surface area (Å²) in [4.78, 5) is 12.0. The van der Waals surface area contributed by atoms with Crippen LogP contribution in [0.15, 0.2) is 29.2 Å². The summed E-state index contributed by atoms with van der Waals surface area (Å²) < 4.78 is 24.4. The molecular formula is C12H16FNO2S. The number of hydrogen-bond donors (Lipinski definition) is 1. The molecule has 1 amide bonds. The molecule has 0 aliphatic carbocycles. The van der Waals surface area contributed by atoms with Gasteiger partial charge in [0.25, 0.3) is 0 Å². The van der Waals surface area contributed by atoms with E-state index in [0.29, 0.717) is 4.90 Å². The molecule has 1 aromatic carbocycles. The number of rotatable bonds is 3. The van der Waals surface area contributed by atoms with Gasteiger partial charge in [-0.15, -0.1) is 0 Å². The number of amides is 1. The first-order valence-corrected chi connectivity index (χ1v) is 6.55. The predicted octanol–water partition coefficient (Wildman–Crippen LogP) is 1.85. The minimum absolute atomic E-state index is 0.108. The second kappa shape index (κ2) is 5.40. The van der Waals surface area contributed by atoms with Crippen LogP contribution in [0.3, 0.4) is 0 Å². The number of nitrogens with one attached hydrogen (secondary N) is 1. The molecule has 0 fully saturated rings. The number of hydrogen-bond acceptors (Lipinski definition) is 2. The number of carbonyl (C=O) groups is 1. The van der Waals surface area contributed by atoms with E-state index in [1.165, 1.54) is 24.3 Å². The van der Waals surface area contributed by atoms with Crippen molar-refractivity contribution in [1.29, 1.82) is 0 Å². The van der Waals surface area contributed by atoms with Gasteiger partial charge in [0.15, 0.2) is 0 Å². The lowest BCUT2D eigenvalue weighted by Gasteiger charge is -2.20. The van der Waals surface area contributed by atoms with Gasteiger partial charge in [-0.2, -0.15) is 0 Å². The predicted molar refractivity (Wildman–Crippen MR) is 65.6 cm³/mol. The standard InChI is InChI=1S/C12H16FNO2S/c1-12(2,3)14-11(15)8-17(16)10-6-4-9(13)5-7-10/h4-7H,8H2,1-3H3,(H,14,15). The Morgan fingerprint density at radius 2 is 1.82 bits per heavy atom. The number of halogens is 1. The van der Waals surface area contributed by atoms with Crippen LogP contribution >= 0.6 is 0 Å². The van der Waals surface area contributed by atoms with Crippen molar-refractivity contribution in [2.75, 3.05) is 5.75 Å². The highest BCUT2D eigenvalue weighted by molar-refractivity contribution is 7.85. The molecule has 1 rings (SSSR count). The summed E-state index contributed by atoms with van der Waals surface area (Å²) >= 11 is 0. The highest BCUT2D eigenvalue weighted by Gasteiger charge is 2.16. The van der Waals surface area contributed by atoms with Crippen molar-refractivity contribution >= 4 is 16.7 Å². The van der Waals surface area contributed by atoms with Crippen LogP contribution in [0.1, 0.15) is 20.8 Å². The summed E-state index contributed by atoms with van der Waals surface area (Å²) in [5.74, 6) is -0.770. The van der Waals surface area contributed by atoms with E-state index >= 15 is 0 Å². The quantitative estimate of drug-likeness (QED) is 0.898. The third-order valence-electron chi connectivity index (χ3n) is 1.85. The van der Waals surface area contributed by atoms with E-state index in [9.17, 15) is 13.4 Å². The molecule has 0 radical (unpaired) electrons. The highest BCUT2D eigenvalue weighted by Crippen LogP contribution is 2.08. The van der Waals surface area contributed by atoms with E-state index < -0.39 is 10.8 Å². The molecule has 0 aromatic heterocycles. The second-order valence-corrected chi connectivity index (χ2v) is 6.19. The van der Waals surface area contributed by atoms with Crippen LogP contribution in [0, 0.1) is 5.82 Å². The molecule has 3 nitrogen and oxygen atoms in total. The van der Waals surface area contributed by atoms with E-state index in [1.807, 2.05) is 20.8 Å². The summed E-state index contributed by atoms with van der Waals surface area (Å²) in [5, 5.41) is 2.73. The van der Waals surface area contributed by atoms with Gasteiger partial charge in [0, 0.05) is 10.4 Å². The van der Waals surface area contributed by atoms with Crippen LogP contribution in [0.5, 0.6) is 0 Å². The molecule has 0 bridgehead atoms. The average Bonchev–Trinajstić information content (AvgIpc) is 2.15.